The van der Waals surface area contributed by atoms with E-state index in [1.54, 1.807) is 12.1 Å². The smallest absolute Gasteiger partial charge is 0.364 e. The van der Waals surface area contributed by atoms with Crippen LogP contribution in [0, 0.1) is 0 Å². The average Bonchev–Trinajstić information content (AvgIpc) is 2.97. The van der Waals surface area contributed by atoms with Gasteiger partial charge in [0, 0.05) is 25.0 Å². The van der Waals surface area contributed by atoms with Crippen LogP contribution in [-0.2, 0) is 13.2 Å². The maximum Gasteiger partial charge on any atom is 0.435 e. The second-order valence-electron chi connectivity index (χ2n) is 5.13. The molecule has 10 heteroatoms. The van der Waals surface area contributed by atoms with E-state index in [9.17, 15) is 18.0 Å². The van der Waals surface area contributed by atoms with Crippen LogP contribution in [0.3, 0.4) is 0 Å². The molecule has 0 unspecified atom stereocenters. The summed E-state index contributed by atoms with van der Waals surface area (Å²) in [5.41, 5.74) is 4.65. The van der Waals surface area contributed by atoms with E-state index in [0.717, 1.165) is 4.68 Å². The summed E-state index contributed by atoms with van der Waals surface area (Å²) in [6.45, 7) is 0. The minimum absolute atomic E-state index is 0.00177. The predicted octanol–water partition coefficient (Wildman–Crippen LogP) is 2.06. The molecule has 0 spiro atoms. The summed E-state index contributed by atoms with van der Waals surface area (Å²) in [5.74, 6) is -0.743. The Kier molecular flexibility index (Phi) is 3.95. The number of hydrogen-bond donors (Lipinski definition) is 1. The van der Waals surface area contributed by atoms with Crippen molar-refractivity contribution in [1.82, 2.24) is 25.0 Å². The molecule has 0 atom stereocenters. The van der Waals surface area contributed by atoms with Crippen LogP contribution in [-0.4, -0.2) is 30.9 Å². The number of nitrogens with two attached hydrogens (primary N) is 1. The van der Waals surface area contributed by atoms with E-state index in [1.165, 1.54) is 31.6 Å². The zero-order valence-electron chi connectivity index (χ0n) is 12.8. The summed E-state index contributed by atoms with van der Waals surface area (Å²) in [6, 6.07) is 5.97. The van der Waals surface area contributed by atoms with Crippen molar-refractivity contribution in [3.8, 4) is 22.5 Å². The second kappa shape index (κ2) is 5.96. The zero-order valence-corrected chi connectivity index (χ0v) is 12.8. The molecule has 0 saturated heterocycles. The van der Waals surface area contributed by atoms with Gasteiger partial charge in [-0.1, -0.05) is 0 Å². The highest BCUT2D eigenvalue weighted by molar-refractivity contribution is 5.97. The fourth-order valence-corrected chi connectivity index (χ4v) is 2.31. The molecule has 7 nitrogen and oxygen atoms in total. The number of halogens is 3. The summed E-state index contributed by atoms with van der Waals surface area (Å²) in [7, 11) is 1.38. The Hall–Kier alpha value is -3.30. The van der Waals surface area contributed by atoms with Gasteiger partial charge in [-0.25, -0.2) is 0 Å². The number of nitrogens with zero attached hydrogens (tertiary/aromatic N) is 5. The first-order chi connectivity index (χ1) is 11.8. The fraction of sp³-hybridized carbons (Fsp3) is 0.133. The Morgan fingerprint density at radius 3 is 2.32 bits per heavy atom. The van der Waals surface area contributed by atoms with Gasteiger partial charge in [0.2, 0.25) is 0 Å². The Morgan fingerprint density at radius 2 is 1.76 bits per heavy atom. The van der Waals surface area contributed by atoms with E-state index in [2.05, 4.69) is 20.3 Å². The molecular weight excluding hydrogens is 337 g/mol. The largest absolute Gasteiger partial charge is 0.435 e. The minimum atomic E-state index is -4.61. The van der Waals surface area contributed by atoms with Gasteiger partial charge in [0.1, 0.15) is 5.69 Å². The lowest BCUT2D eigenvalue weighted by Gasteiger charge is -2.07. The number of amides is 1. The van der Waals surface area contributed by atoms with Gasteiger partial charge < -0.3 is 5.73 Å². The maximum atomic E-state index is 13.0. The molecule has 2 N–H and O–H groups in total. The van der Waals surface area contributed by atoms with Gasteiger partial charge in [-0.05, 0) is 24.3 Å². The summed E-state index contributed by atoms with van der Waals surface area (Å²) in [6.07, 6.45) is -2.00. The lowest BCUT2D eigenvalue weighted by molar-refractivity contribution is -0.141. The number of aromatic nitrogens is 5. The summed E-state index contributed by atoms with van der Waals surface area (Å²) >= 11 is 0. The molecule has 0 aromatic carbocycles. The third-order valence-electron chi connectivity index (χ3n) is 3.35. The molecule has 0 bridgehead atoms. The van der Waals surface area contributed by atoms with Gasteiger partial charge in [-0.2, -0.15) is 18.3 Å². The highest BCUT2D eigenvalue weighted by Crippen LogP contribution is 2.35. The Morgan fingerprint density at radius 1 is 1.12 bits per heavy atom. The van der Waals surface area contributed by atoms with Gasteiger partial charge in [0.15, 0.2) is 5.69 Å². The standard InChI is InChI=1S/C15H11F3N6O/c1-24-7-9(13(23-24)15(16,17)18)11-5-4-10(21-22-11)8-3-2-6-20-12(8)14(19)25/h2-7H,1H3,(H2,19,25). The summed E-state index contributed by atoms with van der Waals surface area (Å²) in [4.78, 5) is 15.3. The lowest BCUT2D eigenvalue weighted by Crippen LogP contribution is -2.14. The van der Waals surface area contributed by atoms with Crippen LogP contribution in [0.5, 0.6) is 0 Å². The van der Waals surface area contributed by atoms with Gasteiger partial charge >= 0.3 is 6.18 Å². The predicted molar refractivity (Wildman–Crippen MR) is 81.0 cm³/mol. The molecule has 0 aliphatic heterocycles. The lowest BCUT2D eigenvalue weighted by atomic mass is 10.1. The maximum absolute atomic E-state index is 13.0. The molecule has 0 aliphatic carbocycles. The third kappa shape index (κ3) is 3.18. The van der Waals surface area contributed by atoms with Gasteiger partial charge in [0.25, 0.3) is 5.91 Å². The molecule has 0 fully saturated rings. The van der Waals surface area contributed by atoms with Crippen molar-refractivity contribution in [2.45, 2.75) is 6.18 Å². The van der Waals surface area contributed by atoms with Crippen molar-refractivity contribution >= 4 is 5.91 Å². The van der Waals surface area contributed by atoms with E-state index in [0.29, 0.717) is 5.56 Å². The zero-order chi connectivity index (χ0) is 18.2. The van der Waals surface area contributed by atoms with Crippen LogP contribution in [0.1, 0.15) is 16.2 Å². The first kappa shape index (κ1) is 16.6. The van der Waals surface area contributed by atoms with E-state index in [-0.39, 0.29) is 22.6 Å². The molecule has 25 heavy (non-hydrogen) atoms. The van der Waals surface area contributed by atoms with E-state index < -0.39 is 17.8 Å². The molecule has 3 heterocycles. The van der Waals surface area contributed by atoms with Crippen LogP contribution >= 0.6 is 0 Å². The van der Waals surface area contributed by atoms with E-state index in [1.807, 2.05) is 0 Å². The molecule has 128 valence electrons. The van der Waals surface area contributed by atoms with Crippen LogP contribution in [0.2, 0.25) is 0 Å². The van der Waals surface area contributed by atoms with Crippen LogP contribution in [0.4, 0.5) is 13.2 Å². The number of hydrogen-bond acceptors (Lipinski definition) is 5. The molecule has 0 saturated carbocycles. The number of aryl methyl sites for hydroxylation is 1. The van der Waals surface area contributed by atoms with Gasteiger partial charge in [-0.15, -0.1) is 10.2 Å². The van der Waals surface area contributed by atoms with Crippen LogP contribution in [0.25, 0.3) is 22.5 Å². The molecule has 1 amide bonds. The first-order valence-corrected chi connectivity index (χ1v) is 6.97. The van der Waals surface area contributed by atoms with Crippen LogP contribution in [0.15, 0.2) is 36.7 Å². The number of pyridine rings is 1. The van der Waals surface area contributed by atoms with Crippen molar-refractivity contribution in [2.75, 3.05) is 0 Å². The van der Waals surface area contributed by atoms with Gasteiger partial charge in [-0.3, -0.25) is 14.5 Å². The van der Waals surface area contributed by atoms with Crippen molar-refractivity contribution in [1.29, 1.82) is 0 Å². The highest BCUT2D eigenvalue weighted by Gasteiger charge is 2.37. The number of rotatable bonds is 3. The highest BCUT2D eigenvalue weighted by atomic mass is 19.4. The van der Waals surface area contributed by atoms with Gasteiger partial charge in [0.05, 0.1) is 17.0 Å². The van der Waals surface area contributed by atoms with E-state index >= 15 is 0 Å². The van der Waals surface area contributed by atoms with Crippen molar-refractivity contribution < 1.29 is 18.0 Å². The van der Waals surface area contributed by atoms with Crippen molar-refractivity contribution in [3.63, 3.8) is 0 Å². The summed E-state index contributed by atoms with van der Waals surface area (Å²) < 4.78 is 40.2. The van der Waals surface area contributed by atoms with E-state index in [4.69, 9.17) is 5.73 Å². The topological polar surface area (TPSA) is 99.6 Å². The number of alkyl halides is 3. The molecule has 0 aliphatic rings. The molecular formula is C15H11F3N6O. The molecule has 0 radical (unpaired) electrons. The summed E-state index contributed by atoms with van der Waals surface area (Å²) in [5, 5.41) is 11.2. The SMILES string of the molecule is Cn1cc(-c2ccc(-c3cccnc3C(N)=O)nn2)c(C(F)(F)F)n1. The van der Waals surface area contributed by atoms with Crippen molar-refractivity contribution in [3.05, 3.63) is 48.0 Å². The molecule has 3 aromatic heterocycles. The number of primary amides is 1. The monoisotopic (exact) mass is 348 g/mol. The first-order valence-electron chi connectivity index (χ1n) is 6.97. The van der Waals surface area contributed by atoms with Crippen LogP contribution < -0.4 is 5.73 Å². The Bertz CT molecular complexity index is 933. The fourth-order valence-electron chi connectivity index (χ4n) is 2.31. The normalized spacial score (nSPS) is 11.5. The number of carbonyl (C=O) groups is 1. The third-order valence-corrected chi connectivity index (χ3v) is 3.35. The second-order valence-corrected chi connectivity index (χ2v) is 5.13. The Balaban J connectivity index is 2.04. The molecule has 3 aromatic rings. The Labute approximate surface area is 139 Å². The quantitative estimate of drug-likeness (QED) is 0.781. The number of carbonyl (C=O) groups excluding carboxylic acids is 1. The van der Waals surface area contributed by atoms with Crippen molar-refractivity contribution in [2.24, 2.45) is 12.8 Å². The molecule has 3 rings (SSSR count). The minimum Gasteiger partial charge on any atom is -0.364 e. The average molecular weight is 348 g/mol.